The van der Waals surface area contributed by atoms with Gasteiger partial charge < -0.3 is 13.9 Å². The molecule has 3 nitrogen and oxygen atoms in total. The molecule has 0 N–H and O–H groups in total. The zero-order valence-corrected chi connectivity index (χ0v) is 29.9. The molecule has 3 heteroatoms. The van der Waals surface area contributed by atoms with E-state index in [0.29, 0.717) is 0 Å². The van der Waals surface area contributed by atoms with Crippen molar-refractivity contribution in [2.24, 2.45) is 0 Å². The number of aromatic nitrogens is 1. The molecule has 0 bridgehead atoms. The van der Waals surface area contributed by atoms with Crippen LogP contribution in [0.15, 0.2) is 211 Å². The minimum Gasteiger partial charge on any atom is -0.456 e. The largest absolute Gasteiger partial charge is 0.456 e. The molecule has 11 rings (SSSR count). The molecule has 0 radical (unpaired) electrons. The molecule has 9 aromatic carbocycles. The van der Waals surface area contributed by atoms with Gasteiger partial charge in [0, 0.05) is 44.3 Å². The highest BCUT2D eigenvalue weighted by Crippen LogP contribution is 2.41. The molecule has 0 unspecified atom stereocenters. The SMILES string of the molecule is c1ccc(-c2cccc(N(c3ccc(-c4ccc5c6cc7ccccc7cc6n(-c6ccccc6)c5c4)cc3)c3ccc4oc5ccccc5c4c3)c2)cc1. The standard InChI is InChI=1S/C52H34N2O/c1-3-12-35(13-4-1)37-16-11-19-43(30-37)53(44-27-29-52-48(34-44)46-20-9-10-21-51(46)55-52)42-25-22-36(23-26-42)40-24-28-45-47-31-38-14-7-8-15-39(38)32-50(47)54(49(45)33-40)41-17-5-2-6-18-41/h1-34H. The molecule has 0 aliphatic heterocycles. The molecule has 0 fully saturated rings. The van der Waals surface area contributed by atoms with E-state index >= 15 is 0 Å². The first-order valence-electron chi connectivity index (χ1n) is 18.7. The first-order chi connectivity index (χ1) is 27.2. The fourth-order valence-electron chi connectivity index (χ4n) is 8.30. The summed E-state index contributed by atoms with van der Waals surface area (Å²) in [5.41, 5.74) is 13.3. The van der Waals surface area contributed by atoms with E-state index in [-0.39, 0.29) is 0 Å². The maximum absolute atomic E-state index is 6.23. The molecule has 0 atom stereocenters. The van der Waals surface area contributed by atoms with Crippen LogP contribution in [0.25, 0.3) is 82.5 Å². The number of nitrogens with zero attached hydrogens (tertiary/aromatic N) is 2. The Kier molecular flexibility index (Phi) is 7.17. The zero-order valence-electron chi connectivity index (χ0n) is 29.9. The van der Waals surface area contributed by atoms with Crippen LogP contribution in [0.4, 0.5) is 17.1 Å². The highest BCUT2D eigenvalue weighted by molar-refractivity contribution is 6.14. The summed E-state index contributed by atoms with van der Waals surface area (Å²) in [4.78, 5) is 2.35. The van der Waals surface area contributed by atoms with Crippen molar-refractivity contribution >= 4 is 71.6 Å². The van der Waals surface area contributed by atoms with Crippen molar-refractivity contribution < 1.29 is 4.42 Å². The summed E-state index contributed by atoms with van der Waals surface area (Å²) >= 11 is 0. The number of hydrogen-bond acceptors (Lipinski definition) is 2. The lowest BCUT2D eigenvalue weighted by Gasteiger charge is -2.26. The first-order valence-corrected chi connectivity index (χ1v) is 18.7. The molecule has 0 spiro atoms. The van der Waals surface area contributed by atoms with Gasteiger partial charge in [-0.3, -0.25) is 0 Å². The summed E-state index contributed by atoms with van der Waals surface area (Å²) in [5, 5.41) is 7.21. The van der Waals surface area contributed by atoms with Gasteiger partial charge in [0.1, 0.15) is 11.2 Å². The summed E-state index contributed by atoms with van der Waals surface area (Å²) in [6.07, 6.45) is 0. The van der Waals surface area contributed by atoms with E-state index in [1.807, 2.05) is 12.1 Å². The van der Waals surface area contributed by atoms with Crippen LogP contribution in [0.3, 0.4) is 0 Å². The second-order valence-electron chi connectivity index (χ2n) is 14.2. The van der Waals surface area contributed by atoms with E-state index in [0.717, 1.165) is 50.3 Å². The molecule has 258 valence electrons. The van der Waals surface area contributed by atoms with Gasteiger partial charge in [0.05, 0.1) is 11.0 Å². The molecule has 0 aliphatic rings. The fourth-order valence-corrected chi connectivity index (χ4v) is 8.30. The highest BCUT2D eigenvalue weighted by Gasteiger charge is 2.18. The monoisotopic (exact) mass is 702 g/mol. The van der Waals surface area contributed by atoms with Crippen LogP contribution in [-0.4, -0.2) is 4.57 Å². The smallest absolute Gasteiger partial charge is 0.135 e. The van der Waals surface area contributed by atoms with Crippen LogP contribution in [0, 0.1) is 0 Å². The Labute approximate surface area is 318 Å². The lowest BCUT2D eigenvalue weighted by Crippen LogP contribution is -2.10. The van der Waals surface area contributed by atoms with Crippen molar-refractivity contribution in [1.82, 2.24) is 4.57 Å². The molecule has 55 heavy (non-hydrogen) atoms. The number of benzene rings is 9. The van der Waals surface area contributed by atoms with Crippen molar-refractivity contribution in [1.29, 1.82) is 0 Å². The minimum absolute atomic E-state index is 0.884. The molecular formula is C52H34N2O. The second-order valence-corrected chi connectivity index (χ2v) is 14.2. The van der Waals surface area contributed by atoms with E-state index in [9.17, 15) is 0 Å². The van der Waals surface area contributed by atoms with E-state index in [2.05, 4.69) is 204 Å². The zero-order chi connectivity index (χ0) is 36.3. The van der Waals surface area contributed by atoms with Crippen LogP contribution < -0.4 is 4.90 Å². The van der Waals surface area contributed by atoms with Gasteiger partial charge in [0.15, 0.2) is 0 Å². The number of fused-ring (bicyclic) bond motifs is 7. The molecule has 2 aromatic heterocycles. The molecule has 0 saturated carbocycles. The topological polar surface area (TPSA) is 21.3 Å². The van der Waals surface area contributed by atoms with Crippen molar-refractivity contribution in [3.63, 3.8) is 0 Å². The Morgan fingerprint density at radius 1 is 0.327 bits per heavy atom. The van der Waals surface area contributed by atoms with E-state index in [1.165, 1.54) is 49.3 Å². The maximum Gasteiger partial charge on any atom is 0.135 e. The molecule has 0 saturated heterocycles. The lowest BCUT2D eigenvalue weighted by molar-refractivity contribution is 0.669. The number of anilines is 3. The predicted octanol–water partition coefficient (Wildman–Crippen LogP) is 14.6. The van der Waals surface area contributed by atoms with Crippen LogP contribution in [0.5, 0.6) is 0 Å². The number of rotatable bonds is 6. The summed E-state index contributed by atoms with van der Waals surface area (Å²) in [7, 11) is 0. The summed E-state index contributed by atoms with van der Waals surface area (Å²) in [6.45, 7) is 0. The van der Waals surface area contributed by atoms with E-state index in [4.69, 9.17) is 4.42 Å². The number of para-hydroxylation sites is 2. The molecule has 11 aromatic rings. The molecule has 0 amide bonds. The van der Waals surface area contributed by atoms with E-state index in [1.54, 1.807) is 0 Å². The summed E-state index contributed by atoms with van der Waals surface area (Å²) in [5.74, 6) is 0. The van der Waals surface area contributed by atoms with Gasteiger partial charge in [0.25, 0.3) is 0 Å². The van der Waals surface area contributed by atoms with Gasteiger partial charge >= 0.3 is 0 Å². The van der Waals surface area contributed by atoms with Gasteiger partial charge in [-0.15, -0.1) is 0 Å². The van der Waals surface area contributed by atoms with Gasteiger partial charge in [-0.25, -0.2) is 0 Å². The van der Waals surface area contributed by atoms with E-state index < -0.39 is 0 Å². The predicted molar refractivity (Wildman–Crippen MR) is 231 cm³/mol. The second kappa shape index (κ2) is 12.6. The number of hydrogen-bond donors (Lipinski definition) is 0. The van der Waals surface area contributed by atoms with Crippen LogP contribution in [0.1, 0.15) is 0 Å². The van der Waals surface area contributed by atoms with Gasteiger partial charge in [-0.2, -0.15) is 0 Å². The molecule has 0 aliphatic carbocycles. The van der Waals surface area contributed by atoms with Gasteiger partial charge in [0.2, 0.25) is 0 Å². The van der Waals surface area contributed by atoms with Crippen LogP contribution in [-0.2, 0) is 0 Å². The van der Waals surface area contributed by atoms with Crippen LogP contribution in [0.2, 0.25) is 0 Å². The normalized spacial score (nSPS) is 11.6. The van der Waals surface area contributed by atoms with Gasteiger partial charge in [-0.05, 0) is 112 Å². The fraction of sp³-hybridized carbons (Fsp3) is 0. The van der Waals surface area contributed by atoms with Crippen molar-refractivity contribution in [3.8, 4) is 27.9 Å². The Balaban J connectivity index is 1.05. The van der Waals surface area contributed by atoms with Gasteiger partial charge in [-0.1, -0.05) is 127 Å². The number of furan rings is 1. The Morgan fingerprint density at radius 3 is 1.76 bits per heavy atom. The average molecular weight is 703 g/mol. The van der Waals surface area contributed by atoms with Crippen molar-refractivity contribution in [2.45, 2.75) is 0 Å². The average Bonchev–Trinajstić information content (AvgIpc) is 3.78. The summed E-state index contributed by atoms with van der Waals surface area (Å²) < 4.78 is 8.64. The Morgan fingerprint density at radius 2 is 0.927 bits per heavy atom. The van der Waals surface area contributed by atoms with Crippen molar-refractivity contribution in [2.75, 3.05) is 4.90 Å². The quantitative estimate of drug-likeness (QED) is 0.172. The maximum atomic E-state index is 6.23. The van der Waals surface area contributed by atoms with Crippen LogP contribution >= 0.6 is 0 Å². The lowest BCUT2D eigenvalue weighted by atomic mass is 10.0. The third-order valence-electron chi connectivity index (χ3n) is 10.9. The highest BCUT2D eigenvalue weighted by atomic mass is 16.3. The first kappa shape index (κ1) is 31.2. The third-order valence-corrected chi connectivity index (χ3v) is 10.9. The Hall–Kier alpha value is -7.36. The third kappa shape index (κ3) is 5.28. The van der Waals surface area contributed by atoms with Crippen molar-refractivity contribution in [3.05, 3.63) is 206 Å². The molecular weight excluding hydrogens is 669 g/mol. The Bertz CT molecular complexity index is 3190. The molecule has 2 heterocycles. The minimum atomic E-state index is 0.884. The summed E-state index contributed by atoms with van der Waals surface area (Å²) in [6, 6.07) is 74.0.